The first-order chi connectivity index (χ1) is 9.34. The van der Waals surface area contributed by atoms with Crippen molar-refractivity contribution in [3.63, 3.8) is 0 Å². The van der Waals surface area contributed by atoms with E-state index in [1.807, 2.05) is 0 Å². The third-order valence-corrected chi connectivity index (χ3v) is 3.95. The largest absolute Gasteiger partial charge is 0.573 e. The predicted octanol–water partition coefficient (Wildman–Crippen LogP) is 3.11. The van der Waals surface area contributed by atoms with E-state index in [1.165, 1.54) is 24.3 Å². The fourth-order valence-electron chi connectivity index (χ4n) is 3.12. The molecule has 2 unspecified atom stereocenters. The summed E-state index contributed by atoms with van der Waals surface area (Å²) in [6.45, 7) is 0. The minimum atomic E-state index is -4.70. The maximum absolute atomic E-state index is 12.1. The van der Waals surface area contributed by atoms with Crippen LogP contribution in [0.15, 0.2) is 24.3 Å². The van der Waals surface area contributed by atoms with E-state index in [0.29, 0.717) is 18.4 Å². The number of fused-ring (bicyclic) bond motifs is 2. The van der Waals surface area contributed by atoms with E-state index in [-0.39, 0.29) is 18.0 Å². The van der Waals surface area contributed by atoms with Gasteiger partial charge in [-0.1, -0.05) is 12.1 Å². The van der Waals surface area contributed by atoms with Crippen molar-refractivity contribution in [2.24, 2.45) is 0 Å². The molecule has 3 rings (SSSR count). The van der Waals surface area contributed by atoms with Gasteiger partial charge in [-0.05, 0) is 30.5 Å². The maximum atomic E-state index is 12.1. The second-order valence-electron chi connectivity index (χ2n) is 5.47. The standard InChI is InChI=1S/C14H15F3O3/c15-14(16,17)20-10-3-1-9(2-4-10)13(18)7-11-5-6-12(8-13)19-11/h1-4,11-12,18H,5-8H2. The van der Waals surface area contributed by atoms with Gasteiger partial charge in [-0.15, -0.1) is 13.2 Å². The number of rotatable bonds is 2. The van der Waals surface area contributed by atoms with E-state index in [4.69, 9.17) is 4.74 Å². The zero-order valence-electron chi connectivity index (χ0n) is 10.7. The van der Waals surface area contributed by atoms with Crippen molar-refractivity contribution < 1.29 is 27.8 Å². The van der Waals surface area contributed by atoms with Gasteiger partial charge in [0.05, 0.1) is 17.8 Å². The van der Waals surface area contributed by atoms with E-state index in [2.05, 4.69) is 4.74 Å². The molecule has 3 nitrogen and oxygen atoms in total. The maximum Gasteiger partial charge on any atom is 0.573 e. The molecule has 1 N–H and O–H groups in total. The average molecular weight is 288 g/mol. The van der Waals surface area contributed by atoms with Crippen LogP contribution in [-0.4, -0.2) is 23.7 Å². The van der Waals surface area contributed by atoms with E-state index in [0.717, 1.165) is 12.8 Å². The van der Waals surface area contributed by atoms with Gasteiger partial charge in [0.1, 0.15) is 5.75 Å². The molecule has 1 aromatic rings. The molecule has 0 aromatic heterocycles. The third kappa shape index (κ3) is 2.76. The van der Waals surface area contributed by atoms with Crippen molar-refractivity contribution in [1.82, 2.24) is 0 Å². The Morgan fingerprint density at radius 3 is 2.15 bits per heavy atom. The van der Waals surface area contributed by atoms with Gasteiger partial charge in [0.25, 0.3) is 0 Å². The predicted molar refractivity (Wildman–Crippen MR) is 64.2 cm³/mol. The van der Waals surface area contributed by atoms with Crippen LogP contribution < -0.4 is 4.74 Å². The summed E-state index contributed by atoms with van der Waals surface area (Å²) in [6.07, 6.45) is -1.76. The van der Waals surface area contributed by atoms with Crippen molar-refractivity contribution in [1.29, 1.82) is 0 Å². The number of ether oxygens (including phenoxy) is 2. The Labute approximate surface area is 114 Å². The summed E-state index contributed by atoms with van der Waals surface area (Å²) in [5.41, 5.74) is -0.395. The van der Waals surface area contributed by atoms with Gasteiger partial charge < -0.3 is 14.6 Å². The fourth-order valence-corrected chi connectivity index (χ4v) is 3.12. The Morgan fingerprint density at radius 1 is 1.10 bits per heavy atom. The molecular formula is C14H15F3O3. The van der Waals surface area contributed by atoms with Gasteiger partial charge in [-0.3, -0.25) is 0 Å². The molecule has 2 fully saturated rings. The molecule has 2 heterocycles. The highest BCUT2D eigenvalue weighted by atomic mass is 19.4. The van der Waals surface area contributed by atoms with Gasteiger partial charge in [0.15, 0.2) is 0 Å². The molecule has 2 saturated heterocycles. The van der Waals surface area contributed by atoms with Crippen LogP contribution >= 0.6 is 0 Å². The zero-order chi connectivity index (χ0) is 14.4. The second kappa shape index (κ2) is 4.63. The number of alkyl halides is 3. The Kier molecular flexibility index (Phi) is 3.17. The highest BCUT2D eigenvalue weighted by Crippen LogP contribution is 2.44. The lowest BCUT2D eigenvalue weighted by Crippen LogP contribution is -2.38. The molecule has 0 aliphatic carbocycles. The van der Waals surface area contributed by atoms with Crippen molar-refractivity contribution in [3.05, 3.63) is 29.8 Å². The first-order valence-electron chi connectivity index (χ1n) is 6.58. The minimum Gasteiger partial charge on any atom is -0.406 e. The molecule has 2 bridgehead atoms. The monoisotopic (exact) mass is 288 g/mol. The lowest BCUT2D eigenvalue weighted by molar-refractivity contribution is -0.274. The van der Waals surface area contributed by atoms with E-state index >= 15 is 0 Å². The molecule has 2 atom stereocenters. The topological polar surface area (TPSA) is 38.7 Å². The Morgan fingerprint density at radius 2 is 1.65 bits per heavy atom. The normalized spacial score (nSPS) is 33.2. The molecule has 20 heavy (non-hydrogen) atoms. The van der Waals surface area contributed by atoms with E-state index in [1.54, 1.807) is 0 Å². The first kappa shape index (κ1) is 13.7. The molecule has 2 aliphatic heterocycles. The van der Waals surface area contributed by atoms with E-state index < -0.39 is 12.0 Å². The van der Waals surface area contributed by atoms with Crippen LogP contribution in [0.5, 0.6) is 5.75 Å². The number of hydrogen-bond acceptors (Lipinski definition) is 3. The summed E-state index contributed by atoms with van der Waals surface area (Å²) in [7, 11) is 0. The summed E-state index contributed by atoms with van der Waals surface area (Å²) in [5.74, 6) is -0.278. The molecule has 0 radical (unpaired) electrons. The Hall–Kier alpha value is -1.27. The van der Waals surface area contributed by atoms with Crippen molar-refractivity contribution >= 4 is 0 Å². The van der Waals surface area contributed by atoms with Crippen LogP contribution in [0.4, 0.5) is 13.2 Å². The molecule has 1 aromatic carbocycles. The van der Waals surface area contributed by atoms with Crippen LogP contribution in [0.3, 0.4) is 0 Å². The smallest absolute Gasteiger partial charge is 0.406 e. The van der Waals surface area contributed by atoms with Gasteiger partial charge in [-0.2, -0.15) is 0 Å². The lowest BCUT2D eigenvalue weighted by atomic mass is 9.83. The SMILES string of the molecule is OC1(c2ccc(OC(F)(F)F)cc2)CC2CCC(C1)O2. The number of benzene rings is 1. The third-order valence-electron chi connectivity index (χ3n) is 3.95. The van der Waals surface area contributed by atoms with Gasteiger partial charge in [0.2, 0.25) is 0 Å². The number of aliphatic hydroxyl groups is 1. The summed E-state index contributed by atoms with van der Waals surface area (Å²) < 4.78 is 45.8. The average Bonchev–Trinajstić information content (AvgIpc) is 2.68. The quantitative estimate of drug-likeness (QED) is 0.908. The molecular weight excluding hydrogens is 273 g/mol. The molecule has 0 spiro atoms. The minimum absolute atomic E-state index is 0.0462. The molecule has 110 valence electrons. The van der Waals surface area contributed by atoms with Crippen molar-refractivity contribution in [3.8, 4) is 5.75 Å². The highest BCUT2D eigenvalue weighted by Gasteiger charge is 2.44. The molecule has 2 aliphatic rings. The van der Waals surface area contributed by atoms with Crippen LogP contribution in [0.2, 0.25) is 0 Å². The van der Waals surface area contributed by atoms with Crippen LogP contribution in [0.25, 0.3) is 0 Å². The van der Waals surface area contributed by atoms with Crippen LogP contribution in [-0.2, 0) is 10.3 Å². The zero-order valence-corrected chi connectivity index (χ0v) is 10.7. The second-order valence-corrected chi connectivity index (χ2v) is 5.47. The van der Waals surface area contributed by atoms with Gasteiger partial charge in [0, 0.05) is 12.8 Å². The summed E-state index contributed by atoms with van der Waals surface area (Å²) in [5, 5.41) is 10.7. The van der Waals surface area contributed by atoms with Gasteiger partial charge in [-0.25, -0.2) is 0 Å². The Balaban J connectivity index is 1.77. The number of hydrogen-bond donors (Lipinski definition) is 1. The lowest BCUT2D eigenvalue weighted by Gasteiger charge is -2.36. The summed E-state index contributed by atoms with van der Waals surface area (Å²) >= 11 is 0. The van der Waals surface area contributed by atoms with Crippen molar-refractivity contribution in [2.45, 2.75) is 49.9 Å². The first-order valence-corrected chi connectivity index (χ1v) is 6.58. The molecule has 0 saturated carbocycles. The number of halogens is 3. The molecule has 0 amide bonds. The fraction of sp³-hybridized carbons (Fsp3) is 0.571. The van der Waals surface area contributed by atoms with E-state index in [9.17, 15) is 18.3 Å². The van der Waals surface area contributed by atoms with Crippen LogP contribution in [0.1, 0.15) is 31.2 Å². The highest BCUT2D eigenvalue weighted by molar-refractivity contribution is 5.31. The Bertz CT molecular complexity index is 471. The summed E-state index contributed by atoms with van der Waals surface area (Å²) in [4.78, 5) is 0. The van der Waals surface area contributed by atoms with Crippen LogP contribution in [0, 0.1) is 0 Å². The molecule has 6 heteroatoms. The van der Waals surface area contributed by atoms with Gasteiger partial charge >= 0.3 is 6.36 Å². The summed E-state index contributed by atoms with van der Waals surface area (Å²) in [6, 6.07) is 5.45. The van der Waals surface area contributed by atoms with Crippen molar-refractivity contribution in [2.75, 3.05) is 0 Å².